The minimum Gasteiger partial charge on any atom is -0.0654 e. The molecule has 0 saturated heterocycles. The van der Waals surface area contributed by atoms with Crippen LogP contribution in [-0.4, -0.2) is 0 Å². The van der Waals surface area contributed by atoms with Gasteiger partial charge in [0.25, 0.3) is 0 Å². The Bertz CT molecular complexity index is 507. The van der Waals surface area contributed by atoms with Crippen LogP contribution in [0.25, 0.3) is 0 Å². The summed E-state index contributed by atoms with van der Waals surface area (Å²) in [5, 5.41) is 0. The lowest BCUT2D eigenvalue weighted by Gasteiger charge is -2.30. The van der Waals surface area contributed by atoms with Gasteiger partial charge in [-0.3, -0.25) is 0 Å². The lowest BCUT2D eigenvalue weighted by Crippen LogP contribution is -2.16. The summed E-state index contributed by atoms with van der Waals surface area (Å²) in [6, 6.07) is 7.59. The van der Waals surface area contributed by atoms with Crippen LogP contribution in [0.3, 0.4) is 0 Å². The molecule has 0 bridgehead atoms. The van der Waals surface area contributed by atoms with E-state index in [2.05, 4.69) is 32.0 Å². The summed E-state index contributed by atoms with van der Waals surface area (Å²) < 4.78 is 0. The first-order valence-electron chi connectivity index (χ1n) is 11.4. The van der Waals surface area contributed by atoms with Gasteiger partial charge in [-0.15, -0.1) is 0 Å². The zero-order valence-corrected chi connectivity index (χ0v) is 16.9. The third kappa shape index (κ3) is 5.35. The number of unbranched alkanes of at least 4 members (excludes halogenated alkanes) is 3. The molecule has 1 unspecified atom stereocenters. The minimum atomic E-state index is 0.852. The summed E-state index contributed by atoms with van der Waals surface area (Å²) in [5.74, 6) is 2.83. The Hall–Kier alpha value is -0.780. The van der Waals surface area contributed by atoms with Gasteiger partial charge in [0.05, 0.1) is 0 Å². The third-order valence-electron chi connectivity index (χ3n) is 7.04. The zero-order valence-electron chi connectivity index (χ0n) is 16.9. The van der Waals surface area contributed by atoms with Gasteiger partial charge in [-0.05, 0) is 79.4 Å². The molecule has 1 aromatic carbocycles. The van der Waals surface area contributed by atoms with Gasteiger partial charge < -0.3 is 0 Å². The van der Waals surface area contributed by atoms with Crippen LogP contribution in [0.5, 0.6) is 0 Å². The van der Waals surface area contributed by atoms with E-state index in [0.29, 0.717) is 0 Å². The highest BCUT2D eigenvalue weighted by atomic mass is 14.3. The van der Waals surface area contributed by atoms with Crippen molar-refractivity contribution in [2.75, 3.05) is 0 Å². The second kappa shape index (κ2) is 9.79. The van der Waals surface area contributed by atoms with Crippen LogP contribution in [0.4, 0.5) is 0 Å². The Labute approximate surface area is 156 Å². The van der Waals surface area contributed by atoms with E-state index in [0.717, 1.165) is 17.8 Å². The van der Waals surface area contributed by atoms with E-state index >= 15 is 0 Å². The van der Waals surface area contributed by atoms with Crippen molar-refractivity contribution in [1.29, 1.82) is 0 Å². The summed E-state index contributed by atoms with van der Waals surface area (Å²) in [6.07, 6.45) is 19.9. The summed E-state index contributed by atoms with van der Waals surface area (Å²) in [5.41, 5.74) is 5.03. The van der Waals surface area contributed by atoms with E-state index in [-0.39, 0.29) is 0 Å². The number of benzene rings is 1. The summed E-state index contributed by atoms with van der Waals surface area (Å²) in [7, 11) is 0. The predicted molar refractivity (Wildman–Crippen MR) is 110 cm³/mol. The van der Waals surface area contributed by atoms with Crippen LogP contribution in [0, 0.1) is 11.8 Å². The summed E-state index contributed by atoms with van der Waals surface area (Å²) in [4.78, 5) is 0. The number of hydrogen-bond acceptors (Lipinski definition) is 0. The molecule has 1 atom stereocenters. The van der Waals surface area contributed by atoms with E-state index < -0.39 is 0 Å². The van der Waals surface area contributed by atoms with Gasteiger partial charge >= 0.3 is 0 Å². The highest BCUT2D eigenvalue weighted by Crippen LogP contribution is 2.39. The first-order valence-corrected chi connectivity index (χ1v) is 11.4. The van der Waals surface area contributed by atoms with Gasteiger partial charge in [-0.25, -0.2) is 0 Å². The fourth-order valence-corrected chi connectivity index (χ4v) is 5.40. The van der Waals surface area contributed by atoms with E-state index in [1.807, 2.05) is 0 Å². The SMILES string of the molecule is CCCCCCC1CCc2cc(C3CCC(CCC)CC3)ccc2C1. The predicted octanol–water partition coefficient (Wildman–Crippen LogP) is 7.84. The summed E-state index contributed by atoms with van der Waals surface area (Å²) >= 11 is 0. The molecule has 0 nitrogen and oxygen atoms in total. The van der Waals surface area contributed by atoms with Crippen molar-refractivity contribution in [2.45, 2.75) is 110 Å². The standard InChI is InChI=1S/C25H40/c1-3-5-6-7-9-21-12-15-25-19-24(17-16-23(25)18-21)22-13-10-20(8-4-2)11-14-22/h16-17,19-22H,3-15,18H2,1-2H3. The molecule has 1 saturated carbocycles. The van der Waals surface area contributed by atoms with Crippen LogP contribution >= 0.6 is 0 Å². The number of rotatable bonds is 8. The topological polar surface area (TPSA) is 0 Å². The molecule has 0 aliphatic heterocycles. The maximum absolute atomic E-state index is 2.60. The van der Waals surface area contributed by atoms with Crippen molar-refractivity contribution in [1.82, 2.24) is 0 Å². The molecule has 0 radical (unpaired) electrons. The molecular weight excluding hydrogens is 300 g/mol. The van der Waals surface area contributed by atoms with E-state index in [9.17, 15) is 0 Å². The van der Waals surface area contributed by atoms with Crippen LogP contribution in [0.15, 0.2) is 18.2 Å². The molecule has 0 spiro atoms. The maximum Gasteiger partial charge on any atom is -0.0162 e. The fraction of sp³-hybridized carbons (Fsp3) is 0.760. The van der Waals surface area contributed by atoms with Gasteiger partial charge in [0, 0.05) is 0 Å². The lowest BCUT2D eigenvalue weighted by atomic mass is 9.75. The van der Waals surface area contributed by atoms with Crippen LogP contribution in [0.2, 0.25) is 0 Å². The second-order valence-corrected chi connectivity index (χ2v) is 8.99. The number of aryl methyl sites for hydroxylation is 1. The molecule has 0 aromatic heterocycles. The molecule has 0 heterocycles. The van der Waals surface area contributed by atoms with Gasteiger partial charge in [-0.2, -0.15) is 0 Å². The van der Waals surface area contributed by atoms with Crippen LogP contribution < -0.4 is 0 Å². The molecule has 0 heteroatoms. The molecule has 0 amide bonds. The van der Waals surface area contributed by atoms with Gasteiger partial charge in [0.2, 0.25) is 0 Å². The number of fused-ring (bicyclic) bond motifs is 1. The Morgan fingerprint density at radius 2 is 1.60 bits per heavy atom. The van der Waals surface area contributed by atoms with Gasteiger partial charge in [0.1, 0.15) is 0 Å². The third-order valence-corrected chi connectivity index (χ3v) is 7.04. The van der Waals surface area contributed by atoms with E-state index in [1.54, 1.807) is 16.7 Å². The minimum absolute atomic E-state index is 0.852. The molecule has 1 aromatic rings. The second-order valence-electron chi connectivity index (χ2n) is 8.99. The molecular formula is C25H40. The first-order chi connectivity index (χ1) is 12.3. The van der Waals surface area contributed by atoms with Crippen LogP contribution in [0.1, 0.15) is 114 Å². The largest absolute Gasteiger partial charge is 0.0654 e. The van der Waals surface area contributed by atoms with Crippen molar-refractivity contribution in [3.8, 4) is 0 Å². The normalized spacial score (nSPS) is 26.4. The maximum atomic E-state index is 2.60. The van der Waals surface area contributed by atoms with E-state index in [1.165, 1.54) is 89.9 Å². The number of hydrogen-bond donors (Lipinski definition) is 0. The Morgan fingerprint density at radius 1 is 0.760 bits per heavy atom. The van der Waals surface area contributed by atoms with Crippen molar-refractivity contribution >= 4 is 0 Å². The fourth-order valence-electron chi connectivity index (χ4n) is 5.40. The Balaban J connectivity index is 1.52. The average Bonchev–Trinajstić information content (AvgIpc) is 2.66. The quantitative estimate of drug-likeness (QED) is 0.423. The molecule has 140 valence electrons. The molecule has 0 N–H and O–H groups in total. The molecule has 1 fully saturated rings. The highest BCUT2D eigenvalue weighted by Gasteiger charge is 2.24. The Morgan fingerprint density at radius 3 is 2.36 bits per heavy atom. The smallest absolute Gasteiger partial charge is 0.0162 e. The lowest BCUT2D eigenvalue weighted by molar-refractivity contribution is 0.308. The average molecular weight is 341 g/mol. The monoisotopic (exact) mass is 340 g/mol. The Kier molecular flexibility index (Phi) is 7.44. The van der Waals surface area contributed by atoms with Crippen molar-refractivity contribution in [2.24, 2.45) is 11.8 Å². The van der Waals surface area contributed by atoms with Crippen LogP contribution in [-0.2, 0) is 12.8 Å². The van der Waals surface area contributed by atoms with Gasteiger partial charge in [0.15, 0.2) is 0 Å². The first kappa shape index (κ1) is 19.0. The highest BCUT2D eigenvalue weighted by molar-refractivity contribution is 5.36. The molecule has 2 aliphatic rings. The van der Waals surface area contributed by atoms with Crippen molar-refractivity contribution in [3.05, 3.63) is 34.9 Å². The molecule has 25 heavy (non-hydrogen) atoms. The van der Waals surface area contributed by atoms with E-state index in [4.69, 9.17) is 0 Å². The van der Waals surface area contributed by atoms with Gasteiger partial charge in [-0.1, -0.05) is 77.0 Å². The molecule has 2 aliphatic carbocycles. The van der Waals surface area contributed by atoms with Crippen molar-refractivity contribution < 1.29 is 0 Å². The summed E-state index contributed by atoms with van der Waals surface area (Å²) in [6.45, 7) is 4.65. The van der Waals surface area contributed by atoms with Crippen molar-refractivity contribution in [3.63, 3.8) is 0 Å². The molecule has 3 rings (SSSR count). The zero-order chi connectivity index (χ0) is 17.5.